The number of hydrogen-bond donors (Lipinski definition) is 3. The average molecular weight is 545 g/mol. The third-order valence-electron chi connectivity index (χ3n) is 4.35. The standard InChI is InChI=1S/C21H20BrF2N5O3.ClH/c22-14-4-5-17(16(23)9-14)27-19-15(20(30)28-32-8-2-6-25)12-29(21(31)18(19)24)11-13-3-1-7-26-10-13;/h1,3-5,7,9-10,12,27H,2,6,8,11,25H2,(H,28,30);1H. The van der Waals surface area contributed by atoms with Crippen LogP contribution in [0.4, 0.5) is 20.2 Å². The first-order valence-electron chi connectivity index (χ1n) is 9.56. The second-order valence-corrected chi connectivity index (χ2v) is 7.61. The van der Waals surface area contributed by atoms with Crippen LogP contribution in [0, 0.1) is 11.6 Å². The molecule has 1 amide bonds. The Morgan fingerprint density at radius 3 is 2.73 bits per heavy atom. The summed E-state index contributed by atoms with van der Waals surface area (Å²) in [5.41, 5.74) is 6.37. The topological polar surface area (TPSA) is 111 Å². The number of benzene rings is 1. The first-order chi connectivity index (χ1) is 15.4. The first-order valence-corrected chi connectivity index (χ1v) is 10.4. The molecule has 0 saturated carbocycles. The number of halogens is 4. The Morgan fingerprint density at radius 2 is 2.06 bits per heavy atom. The van der Waals surface area contributed by atoms with Crippen molar-refractivity contribution in [3.8, 4) is 0 Å². The smallest absolute Gasteiger partial charge is 0.289 e. The van der Waals surface area contributed by atoms with Gasteiger partial charge in [0, 0.05) is 23.1 Å². The number of anilines is 2. The summed E-state index contributed by atoms with van der Waals surface area (Å²) in [6.07, 6.45) is 4.75. The zero-order valence-corrected chi connectivity index (χ0v) is 19.6. The van der Waals surface area contributed by atoms with E-state index in [1.54, 1.807) is 18.3 Å². The zero-order valence-electron chi connectivity index (χ0n) is 17.2. The highest BCUT2D eigenvalue weighted by Crippen LogP contribution is 2.26. The van der Waals surface area contributed by atoms with Crippen molar-refractivity contribution in [3.63, 3.8) is 0 Å². The second kappa shape index (κ2) is 12.4. The molecule has 3 rings (SSSR count). The minimum Gasteiger partial charge on any atom is -0.350 e. The number of nitrogens with one attached hydrogen (secondary N) is 2. The van der Waals surface area contributed by atoms with Crippen LogP contribution < -0.4 is 22.1 Å². The highest BCUT2D eigenvalue weighted by molar-refractivity contribution is 9.10. The summed E-state index contributed by atoms with van der Waals surface area (Å²) in [7, 11) is 0. The predicted molar refractivity (Wildman–Crippen MR) is 126 cm³/mol. The van der Waals surface area contributed by atoms with Gasteiger partial charge >= 0.3 is 0 Å². The van der Waals surface area contributed by atoms with Crippen LogP contribution in [0.5, 0.6) is 0 Å². The summed E-state index contributed by atoms with van der Waals surface area (Å²) in [5, 5.41) is 2.52. The molecule has 0 aliphatic rings. The number of carbonyl (C=O) groups is 1. The molecule has 176 valence electrons. The molecule has 2 heterocycles. The molecule has 0 spiro atoms. The van der Waals surface area contributed by atoms with Gasteiger partial charge in [0.15, 0.2) is 0 Å². The second-order valence-electron chi connectivity index (χ2n) is 6.70. The summed E-state index contributed by atoms with van der Waals surface area (Å²) in [5.74, 6) is -2.77. The molecule has 0 aliphatic carbocycles. The fraction of sp³-hybridized carbons (Fsp3) is 0.190. The van der Waals surface area contributed by atoms with Crippen LogP contribution >= 0.6 is 28.3 Å². The van der Waals surface area contributed by atoms with Gasteiger partial charge < -0.3 is 15.6 Å². The summed E-state index contributed by atoms with van der Waals surface area (Å²) in [6, 6.07) is 7.42. The molecular formula is C21H21BrClF2N5O3. The maximum absolute atomic E-state index is 15.1. The molecule has 4 N–H and O–H groups in total. The molecule has 12 heteroatoms. The number of nitrogens with two attached hydrogens (primary N) is 1. The minimum atomic E-state index is -1.24. The lowest BCUT2D eigenvalue weighted by atomic mass is 10.1. The van der Waals surface area contributed by atoms with Gasteiger partial charge in [-0.1, -0.05) is 22.0 Å². The number of hydroxylamine groups is 1. The van der Waals surface area contributed by atoms with E-state index in [9.17, 15) is 14.0 Å². The van der Waals surface area contributed by atoms with Crippen LogP contribution in [0.1, 0.15) is 22.3 Å². The highest BCUT2D eigenvalue weighted by atomic mass is 79.9. The fourth-order valence-electron chi connectivity index (χ4n) is 2.78. The Morgan fingerprint density at radius 1 is 1.27 bits per heavy atom. The predicted octanol–water partition coefficient (Wildman–Crippen LogP) is 3.51. The van der Waals surface area contributed by atoms with Gasteiger partial charge in [0.05, 0.1) is 30.1 Å². The van der Waals surface area contributed by atoms with E-state index in [2.05, 4.69) is 31.7 Å². The number of rotatable bonds is 9. The third kappa shape index (κ3) is 6.81. The lowest BCUT2D eigenvalue weighted by Gasteiger charge is -2.16. The molecule has 0 fully saturated rings. The van der Waals surface area contributed by atoms with E-state index in [1.165, 1.54) is 30.6 Å². The van der Waals surface area contributed by atoms with Crippen LogP contribution in [0.25, 0.3) is 0 Å². The van der Waals surface area contributed by atoms with Crippen molar-refractivity contribution < 1.29 is 18.4 Å². The Hall–Kier alpha value is -2.86. The Labute approximate surface area is 202 Å². The first kappa shape index (κ1) is 26.4. The molecule has 0 saturated heterocycles. The van der Waals surface area contributed by atoms with Gasteiger partial charge in [-0.25, -0.2) is 9.87 Å². The largest absolute Gasteiger partial charge is 0.350 e. The number of amides is 1. The lowest BCUT2D eigenvalue weighted by Crippen LogP contribution is -2.31. The molecule has 0 radical (unpaired) electrons. The molecule has 0 unspecified atom stereocenters. The van der Waals surface area contributed by atoms with E-state index in [-0.39, 0.29) is 36.8 Å². The Kier molecular flexibility index (Phi) is 9.92. The van der Waals surface area contributed by atoms with E-state index >= 15 is 4.39 Å². The van der Waals surface area contributed by atoms with Crippen molar-refractivity contribution in [2.24, 2.45) is 5.73 Å². The van der Waals surface area contributed by atoms with Gasteiger partial charge in [0.1, 0.15) is 5.82 Å². The van der Waals surface area contributed by atoms with Crippen molar-refractivity contribution in [3.05, 3.63) is 86.5 Å². The summed E-state index contributed by atoms with van der Waals surface area (Å²) >= 11 is 3.14. The van der Waals surface area contributed by atoms with Crippen LogP contribution in [0.3, 0.4) is 0 Å². The molecule has 3 aromatic rings. The van der Waals surface area contributed by atoms with Crippen LogP contribution in [0.2, 0.25) is 0 Å². The Bertz CT molecular complexity index is 1160. The van der Waals surface area contributed by atoms with Gasteiger partial charge in [-0.3, -0.25) is 19.4 Å². The zero-order chi connectivity index (χ0) is 23.1. The van der Waals surface area contributed by atoms with Gasteiger partial charge in [0.25, 0.3) is 11.5 Å². The van der Waals surface area contributed by atoms with Crippen molar-refractivity contribution in [1.29, 1.82) is 0 Å². The van der Waals surface area contributed by atoms with Crippen LogP contribution in [-0.4, -0.2) is 28.6 Å². The highest BCUT2D eigenvalue weighted by Gasteiger charge is 2.22. The van der Waals surface area contributed by atoms with E-state index in [0.717, 1.165) is 4.57 Å². The number of carbonyl (C=O) groups excluding carboxylic acids is 1. The maximum Gasteiger partial charge on any atom is 0.289 e. The summed E-state index contributed by atoms with van der Waals surface area (Å²) < 4.78 is 31.0. The number of nitrogens with zero attached hydrogens (tertiary/aromatic N) is 2. The molecule has 0 atom stereocenters. The van der Waals surface area contributed by atoms with E-state index in [1.807, 2.05) is 0 Å². The lowest BCUT2D eigenvalue weighted by molar-refractivity contribution is 0.0309. The van der Waals surface area contributed by atoms with Crippen molar-refractivity contribution in [1.82, 2.24) is 15.0 Å². The molecule has 1 aromatic carbocycles. The minimum absolute atomic E-state index is 0. The summed E-state index contributed by atoms with van der Waals surface area (Å²) in [6.45, 7) is 0.477. The van der Waals surface area contributed by atoms with Gasteiger partial charge in [-0.2, -0.15) is 4.39 Å². The van der Waals surface area contributed by atoms with Gasteiger partial charge in [-0.05, 0) is 42.8 Å². The molecule has 0 aliphatic heterocycles. The quantitative estimate of drug-likeness (QED) is 0.281. The molecule has 0 bridgehead atoms. The van der Waals surface area contributed by atoms with Gasteiger partial charge in [-0.15, -0.1) is 12.4 Å². The van der Waals surface area contributed by atoms with Gasteiger partial charge in [0.2, 0.25) is 5.82 Å². The molecule has 8 nitrogen and oxygen atoms in total. The molecule has 2 aromatic heterocycles. The third-order valence-corrected chi connectivity index (χ3v) is 4.84. The summed E-state index contributed by atoms with van der Waals surface area (Å²) in [4.78, 5) is 34.4. The maximum atomic E-state index is 15.1. The van der Waals surface area contributed by atoms with Crippen molar-refractivity contribution >= 4 is 45.6 Å². The average Bonchev–Trinajstić information content (AvgIpc) is 2.78. The van der Waals surface area contributed by atoms with E-state index in [0.29, 0.717) is 23.0 Å². The van der Waals surface area contributed by atoms with E-state index in [4.69, 9.17) is 10.6 Å². The Balaban J connectivity index is 0.00000385. The number of hydrogen-bond acceptors (Lipinski definition) is 6. The number of pyridine rings is 2. The fourth-order valence-corrected chi connectivity index (χ4v) is 3.12. The normalized spacial score (nSPS) is 10.4. The SMILES string of the molecule is Cl.NCCCONC(=O)c1cn(Cc2cccnc2)c(=O)c(F)c1Nc1ccc(Br)cc1F. The van der Waals surface area contributed by atoms with Crippen LogP contribution in [0.15, 0.2) is 58.2 Å². The molecular weight excluding hydrogens is 524 g/mol. The molecule has 33 heavy (non-hydrogen) atoms. The van der Waals surface area contributed by atoms with Crippen molar-refractivity contribution in [2.75, 3.05) is 18.5 Å². The van der Waals surface area contributed by atoms with Crippen molar-refractivity contribution in [2.45, 2.75) is 13.0 Å². The monoisotopic (exact) mass is 543 g/mol. The van der Waals surface area contributed by atoms with E-state index < -0.39 is 28.8 Å². The van der Waals surface area contributed by atoms with Crippen LogP contribution in [-0.2, 0) is 11.4 Å². The number of aromatic nitrogens is 2.